The fourth-order valence-corrected chi connectivity index (χ4v) is 4.03. The number of carbonyl (C=O) groups excluding carboxylic acids is 1. The van der Waals surface area contributed by atoms with Crippen LogP contribution >= 0.6 is 0 Å². The van der Waals surface area contributed by atoms with Crippen molar-refractivity contribution in [3.8, 4) is 23.0 Å². The predicted molar refractivity (Wildman–Crippen MR) is 99.5 cm³/mol. The van der Waals surface area contributed by atoms with Crippen molar-refractivity contribution in [3.63, 3.8) is 0 Å². The van der Waals surface area contributed by atoms with Crippen LogP contribution in [-0.2, 0) is 20.2 Å². The van der Waals surface area contributed by atoms with Crippen molar-refractivity contribution in [1.82, 2.24) is 0 Å². The van der Waals surface area contributed by atoms with Crippen molar-refractivity contribution >= 4 is 55.6 Å². The second-order valence-electron chi connectivity index (χ2n) is 5.27. The molecule has 0 atom stereocenters. The summed E-state index contributed by atoms with van der Waals surface area (Å²) in [5.74, 6) is -4.33. The van der Waals surface area contributed by atoms with Gasteiger partial charge < -0.3 is 19.7 Å². The van der Waals surface area contributed by atoms with Gasteiger partial charge in [0.2, 0.25) is 0 Å². The standard InChI is InChI=1S/C15H14O11S2.Na.H/c1-25-9-5-3-7(14(12(9)17)27(19,20)21)11(16)8-4-6-10(26-2)13(18)15(8)28(22,23)24;;/h3-6,17-18H,1-2H3,(H,19,20,21)(H,22,23,24);;. The molecule has 0 amide bonds. The topological polar surface area (TPSA) is 185 Å². The van der Waals surface area contributed by atoms with E-state index in [0.717, 1.165) is 38.5 Å². The molecule has 0 heterocycles. The molecule has 0 saturated carbocycles. The van der Waals surface area contributed by atoms with Crippen LogP contribution < -0.4 is 9.47 Å². The summed E-state index contributed by atoms with van der Waals surface area (Å²) in [6.07, 6.45) is 0. The summed E-state index contributed by atoms with van der Waals surface area (Å²) in [6.45, 7) is 0. The van der Waals surface area contributed by atoms with Gasteiger partial charge in [-0.3, -0.25) is 13.9 Å². The fourth-order valence-electron chi connectivity index (χ4n) is 2.46. The molecule has 29 heavy (non-hydrogen) atoms. The quantitative estimate of drug-likeness (QED) is 0.263. The normalized spacial score (nSPS) is 11.4. The minimum absolute atomic E-state index is 0. The molecule has 4 N–H and O–H groups in total. The molecular formula is C15H15NaO11S2. The molecule has 0 aromatic heterocycles. The number of phenolic OH excluding ortho intramolecular Hbond substituents is 2. The number of ketones is 1. The zero-order chi connectivity index (χ0) is 21.4. The average molecular weight is 458 g/mol. The van der Waals surface area contributed by atoms with Crippen molar-refractivity contribution < 1.29 is 50.4 Å². The van der Waals surface area contributed by atoms with Gasteiger partial charge in [-0.2, -0.15) is 16.8 Å². The van der Waals surface area contributed by atoms with E-state index in [1.807, 2.05) is 0 Å². The number of rotatable bonds is 6. The molecule has 0 radical (unpaired) electrons. The molecule has 11 nitrogen and oxygen atoms in total. The van der Waals surface area contributed by atoms with Crippen molar-refractivity contribution in [2.45, 2.75) is 9.79 Å². The number of hydrogen-bond donors (Lipinski definition) is 4. The molecule has 0 saturated heterocycles. The van der Waals surface area contributed by atoms with Crippen LogP contribution in [-0.4, -0.2) is 85.7 Å². The van der Waals surface area contributed by atoms with Crippen LogP contribution in [0.2, 0.25) is 0 Å². The summed E-state index contributed by atoms with van der Waals surface area (Å²) in [5.41, 5.74) is -1.68. The van der Waals surface area contributed by atoms with Gasteiger partial charge in [0.1, 0.15) is 0 Å². The first-order valence-corrected chi connectivity index (χ1v) is 10.0. The first-order valence-electron chi connectivity index (χ1n) is 7.14. The van der Waals surface area contributed by atoms with Crippen molar-refractivity contribution in [2.75, 3.05) is 14.2 Å². The van der Waals surface area contributed by atoms with Crippen LogP contribution in [0.4, 0.5) is 0 Å². The number of methoxy groups -OCH3 is 2. The molecule has 0 aliphatic heterocycles. The summed E-state index contributed by atoms with van der Waals surface area (Å²) in [4.78, 5) is 10.3. The van der Waals surface area contributed by atoms with E-state index in [0.29, 0.717) is 0 Å². The molecule has 0 spiro atoms. The van der Waals surface area contributed by atoms with Crippen LogP contribution in [0, 0.1) is 0 Å². The van der Waals surface area contributed by atoms with Gasteiger partial charge in [-0.05, 0) is 24.3 Å². The van der Waals surface area contributed by atoms with E-state index in [2.05, 4.69) is 0 Å². The van der Waals surface area contributed by atoms with Crippen LogP contribution in [0.3, 0.4) is 0 Å². The Morgan fingerprint density at radius 2 is 1.07 bits per heavy atom. The SMILES string of the molecule is COc1ccc(C(=O)c2ccc(OC)c(O)c2S(=O)(=O)O)c(S(=O)(=O)O)c1O.[NaH]. The first kappa shape index (κ1) is 25.2. The number of hydrogen-bond acceptors (Lipinski definition) is 9. The third kappa shape index (κ3) is 4.83. The number of benzene rings is 2. The van der Waals surface area contributed by atoms with Crippen molar-refractivity contribution in [3.05, 3.63) is 35.4 Å². The van der Waals surface area contributed by atoms with Gasteiger partial charge in [0, 0.05) is 11.1 Å². The van der Waals surface area contributed by atoms with Gasteiger partial charge in [0.05, 0.1) is 14.2 Å². The van der Waals surface area contributed by atoms with Crippen LogP contribution in [0.1, 0.15) is 15.9 Å². The summed E-state index contributed by atoms with van der Waals surface area (Å²) in [6, 6.07) is 3.68. The second kappa shape index (κ2) is 8.87. The summed E-state index contributed by atoms with van der Waals surface area (Å²) in [5, 5.41) is 20.0. The minimum atomic E-state index is -5.17. The Bertz CT molecular complexity index is 1080. The maximum absolute atomic E-state index is 12.8. The Morgan fingerprint density at radius 3 is 1.31 bits per heavy atom. The van der Waals surface area contributed by atoms with Crippen LogP contribution in [0.5, 0.6) is 23.0 Å². The second-order valence-corrected chi connectivity index (χ2v) is 7.98. The van der Waals surface area contributed by atoms with Crippen molar-refractivity contribution in [2.24, 2.45) is 0 Å². The first-order chi connectivity index (χ1) is 12.8. The number of carbonyl (C=O) groups is 1. The maximum atomic E-state index is 12.8. The van der Waals surface area contributed by atoms with Crippen LogP contribution in [0.15, 0.2) is 34.1 Å². The van der Waals surface area contributed by atoms with Gasteiger partial charge in [0.15, 0.2) is 38.6 Å². The average Bonchev–Trinajstić information content (AvgIpc) is 2.58. The molecule has 2 aromatic rings. The Hall–Kier alpha value is -1.87. The summed E-state index contributed by atoms with van der Waals surface area (Å²) >= 11 is 0. The molecule has 0 bridgehead atoms. The fraction of sp³-hybridized carbons (Fsp3) is 0.133. The summed E-state index contributed by atoms with van der Waals surface area (Å²) in [7, 11) is -8.17. The Labute approximate surface area is 187 Å². The molecular weight excluding hydrogens is 443 g/mol. The number of ether oxygens (including phenoxy) is 2. The van der Waals surface area contributed by atoms with E-state index >= 15 is 0 Å². The predicted octanol–water partition coefficient (Wildman–Crippen LogP) is 0.191. The van der Waals surface area contributed by atoms with Gasteiger partial charge >= 0.3 is 29.6 Å². The van der Waals surface area contributed by atoms with E-state index in [1.165, 1.54) is 0 Å². The molecule has 2 rings (SSSR count). The molecule has 0 unspecified atom stereocenters. The van der Waals surface area contributed by atoms with Gasteiger partial charge in [-0.15, -0.1) is 0 Å². The summed E-state index contributed by atoms with van der Waals surface area (Å²) < 4.78 is 75.0. The van der Waals surface area contributed by atoms with E-state index in [1.54, 1.807) is 0 Å². The van der Waals surface area contributed by atoms with E-state index in [4.69, 9.17) is 9.47 Å². The monoisotopic (exact) mass is 458 g/mol. The molecule has 0 aliphatic rings. The zero-order valence-electron chi connectivity index (χ0n) is 14.3. The van der Waals surface area contributed by atoms with Gasteiger partial charge in [-0.25, -0.2) is 0 Å². The Balaban J connectivity index is 0.00000420. The molecule has 0 aliphatic carbocycles. The van der Waals surface area contributed by atoms with Gasteiger partial charge in [0.25, 0.3) is 20.2 Å². The van der Waals surface area contributed by atoms with Gasteiger partial charge in [-0.1, -0.05) is 0 Å². The third-order valence-corrected chi connectivity index (χ3v) is 5.49. The number of aromatic hydroxyl groups is 2. The molecule has 154 valence electrons. The molecule has 2 aromatic carbocycles. The number of phenols is 2. The van der Waals surface area contributed by atoms with Crippen molar-refractivity contribution in [1.29, 1.82) is 0 Å². The zero-order valence-corrected chi connectivity index (χ0v) is 15.9. The van der Waals surface area contributed by atoms with E-state index < -0.39 is 69.9 Å². The third-order valence-electron chi connectivity index (χ3n) is 3.63. The Kier molecular flexibility index (Phi) is 7.70. The Morgan fingerprint density at radius 1 is 0.759 bits per heavy atom. The van der Waals surface area contributed by atoms with Crippen LogP contribution in [0.25, 0.3) is 0 Å². The van der Waals surface area contributed by atoms with E-state index in [9.17, 15) is 40.9 Å². The van der Waals surface area contributed by atoms with E-state index in [-0.39, 0.29) is 29.6 Å². The molecule has 14 heteroatoms. The molecule has 0 fully saturated rings.